The molecule has 2 fully saturated rings. The van der Waals surface area contributed by atoms with E-state index in [1.54, 1.807) is 0 Å². The highest BCUT2D eigenvalue weighted by molar-refractivity contribution is 5.76. The first-order valence-electron chi connectivity index (χ1n) is 6.85. The minimum Gasteiger partial charge on any atom is -0.393 e. The lowest BCUT2D eigenvalue weighted by molar-refractivity contribution is -0.130. The fourth-order valence-electron chi connectivity index (χ4n) is 2.83. The van der Waals surface area contributed by atoms with Crippen molar-refractivity contribution < 1.29 is 9.90 Å². The quantitative estimate of drug-likeness (QED) is 0.787. The van der Waals surface area contributed by atoms with Crippen LogP contribution >= 0.6 is 0 Å². The van der Waals surface area contributed by atoms with Crippen molar-refractivity contribution in [1.29, 1.82) is 0 Å². The molecule has 1 amide bonds. The second-order valence-corrected chi connectivity index (χ2v) is 5.43. The van der Waals surface area contributed by atoms with E-state index in [2.05, 4.69) is 4.90 Å². The van der Waals surface area contributed by atoms with Gasteiger partial charge in [-0.15, -0.1) is 0 Å². The van der Waals surface area contributed by atoms with Crippen LogP contribution in [0.5, 0.6) is 0 Å². The zero-order valence-corrected chi connectivity index (χ0v) is 10.8. The molecule has 0 aromatic rings. The molecule has 0 radical (unpaired) electrons. The maximum atomic E-state index is 12.0. The molecule has 2 heterocycles. The van der Waals surface area contributed by atoms with Crippen LogP contribution in [0.25, 0.3) is 0 Å². The van der Waals surface area contributed by atoms with Gasteiger partial charge in [-0.1, -0.05) is 0 Å². The lowest BCUT2D eigenvalue weighted by Gasteiger charge is -2.20. The number of carbonyl (C=O) groups excluding carboxylic acids is 1. The molecule has 0 spiro atoms. The maximum Gasteiger partial charge on any atom is 0.223 e. The number of nitrogens with zero attached hydrogens (tertiary/aromatic N) is 2. The standard InChI is InChI=1S/C13H24N2O2/c1-11(16)12-4-9-15(10-12)13(17)5-8-14-6-2-3-7-14/h11-12,16H,2-10H2,1H3. The zero-order chi connectivity index (χ0) is 12.3. The van der Waals surface area contributed by atoms with Gasteiger partial charge in [0, 0.05) is 32.0 Å². The lowest BCUT2D eigenvalue weighted by Crippen LogP contribution is -2.33. The summed E-state index contributed by atoms with van der Waals surface area (Å²) in [5, 5.41) is 9.51. The first-order chi connectivity index (χ1) is 8.16. The van der Waals surface area contributed by atoms with Gasteiger partial charge in [0.05, 0.1) is 6.10 Å². The van der Waals surface area contributed by atoms with E-state index in [9.17, 15) is 9.90 Å². The van der Waals surface area contributed by atoms with Gasteiger partial charge in [-0.05, 0) is 39.3 Å². The molecule has 0 aliphatic carbocycles. The van der Waals surface area contributed by atoms with Gasteiger partial charge >= 0.3 is 0 Å². The summed E-state index contributed by atoms with van der Waals surface area (Å²) in [6, 6.07) is 0. The molecular weight excluding hydrogens is 216 g/mol. The van der Waals surface area contributed by atoms with E-state index < -0.39 is 0 Å². The molecule has 0 aromatic carbocycles. The summed E-state index contributed by atoms with van der Waals surface area (Å²) < 4.78 is 0. The summed E-state index contributed by atoms with van der Waals surface area (Å²) in [4.78, 5) is 16.3. The number of hydrogen-bond acceptors (Lipinski definition) is 3. The number of aliphatic hydroxyl groups excluding tert-OH is 1. The molecular formula is C13H24N2O2. The Morgan fingerprint density at radius 1 is 1.35 bits per heavy atom. The summed E-state index contributed by atoms with van der Waals surface area (Å²) in [6.07, 6.45) is 3.87. The molecule has 2 saturated heterocycles. The summed E-state index contributed by atoms with van der Waals surface area (Å²) in [7, 11) is 0. The Hall–Kier alpha value is -0.610. The molecule has 2 rings (SSSR count). The van der Waals surface area contributed by atoms with E-state index in [4.69, 9.17) is 0 Å². The monoisotopic (exact) mass is 240 g/mol. The number of rotatable bonds is 4. The topological polar surface area (TPSA) is 43.8 Å². The summed E-state index contributed by atoms with van der Waals surface area (Å²) in [6.45, 7) is 6.62. The van der Waals surface area contributed by atoms with E-state index in [-0.39, 0.29) is 17.9 Å². The largest absolute Gasteiger partial charge is 0.393 e. The third-order valence-electron chi connectivity index (χ3n) is 4.10. The molecule has 2 aliphatic heterocycles. The number of aliphatic hydroxyl groups is 1. The number of likely N-dealkylation sites (tertiary alicyclic amines) is 2. The molecule has 2 atom stereocenters. The first-order valence-corrected chi connectivity index (χ1v) is 6.85. The summed E-state index contributed by atoms with van der Waals surface area (Å²) >= 11 is 0. The number of carbonyl (C=O) groups is 1. The molecule has 17 heavy (non-hydrogen) atoms. The van der Waals surface area contributed by atoms with Crippen LogP contribution in [0, 0.1) is 5.92 Å². The van der Waals surface area contributed by atoms with Gasteiger partial charge in [0.2, 0.25) is 5.91 Å². The van der Waals surface area contributed by atoms with Crippen LogP contribution in [0.3, 0.4) is 0 Å². The van der Waals surface area contributed by atoms with Gasteiger partial charge in [0.15, 0.2) is 0 Å². The van der Waals surface area contributed by atoms with Gasteiger partial charge in [-0.3, -0.25) is 4.79 Å². The van der Waals surface area contributed by atoms with E-state index >= 15 is 0 Å². The molecule has 0 bridgehead atoms. The minimum absolute atomic E-state index is 0.264. The Morgan fingerprint density at radius 3 is 2.65 bits per heavy atom. The SMILES string of the molecule is CC(O)C1CCN(C(=O)CCN2CCCC2)C1. The van der Waals surface area contributed by atoms with Crippen LogP contribution in [0.1, 0.15) is 32.6 Å². The Morgan fingerprint density at radius 2 is 2.06 bits per heavy atom. The molecule has 4 heteroatoms. The Bertz CT molecular complexity index is 262. The number of amides is 1. The molecule has 1 N–H and O–H groups in total. The Balaban J connectivity index is 1.69. The Labute approximate surface area is 104 Å². The molecule has 98 valence electrons. The van der Waals surface area contributed by atoms with Crippen LogP contribution in [0.15, 0.2) is 0 Å². The normalized spacial score (nSPS) is 27.6. The molecule has 2 aliphatic rings. The average Bonchev–Trinajstić information content (AvgIpc) is 2.96. The molecule has 4 nitrogen and oxygen atoms in total. The highest BCUT2D eigenvalue weighted by atomic mass is 16.3. The van der Waals surface area contributed by atoms with Crippen LogP contribution in [-0.2, 0) is 4.79 Å². The van der Waals surface area contributed by atoms with Crippen LogP contribution in [0.2, 0.25) is 0 Å². The van der Waals surface area contributed by atoms with Crippen LogP contribution < -0.4 is 0 Å². The Kier molecular flexibility index (Phi) is 4.40. The fraction of sp³-hybridized carbons (Fsp3) is 0.923. The van der Waals surface area contributed by atoms with Gasteiger partial charge in [0.1, 0.15) is 0 Å². The molecule has 0 saturated carbocycles. The van der Waals surface area contributed by atoms with Crippen molar-refractivity contribution in [2.75, 3.05) is 32.7 Å². The van der Waals surface area contributed by atoms with E-state index in [1.165, 1.54) is 12.8 Å². The smallest absolute Gasteiger partial charge is 0.223 e. The lowest BCUT2D eigenvalue weighted by atomic mass is 10.0. The van der Waals surface area contributed by atoms with Crippen molar-refractivity contribution >= 4 is 5.91 Å². The number of hydrogen-bond donors (Lipinski definition) is 1. The van der Waals surface area contributed by atoms with Crippen molar-refractivity contribution in [3.8, 4) is 0 Å². The van der Waals surface area contributed by atoms with Crippen LogP contribution in [-0.4, -0.2) is 59.6 Å². The van der Waals surface area contributed by atoms with Gasteiger partial charge in [0.25, 0.3) is 0 Å². The average molecular weight is 240 g/mol. The van der Waals surface area contributed by atoms with Crippen molar-refractivity contribution in [3.63, 3.8) is 0 Å². The second kappa shape index (κ2) is 5.83. The maximum absolute atomic E-state index is 12.0. The minimum atomic E-state index is -0.286. The van der Waals surface area contributed by atoms with E-state index in [0.717, 1.165) is 39.1 Å². The predicted octanol–water partition coefficient (Wildman–Crippen LogP) is 0.702. The predicted molar refractivity (Wildman–Crippen MR) is 66.7 cm³/mol. The van der Waals surface area contributed by atoms with Gasteiger partial charge < -0.3 is 14.9 Å². The van der Waals surface area contributed by atoms with Crippen molar-refractivity contribution in [1.82, 2.24) is 9.80 Å². The van der Waals surface area contributed by atoms with Crippen LogP contribution in [0.4, 0.5) is 0 Å². The van der Waals surface area contributed by atoms with E-state index in [1.807, 2.05) is 11.8 Å². The van der Waals surface area contributed by atoms with Gasteiger partial charge in [-0.25, -0.2) is 0 Å². The first kappa shape index (κ1) is 12.8. The fourth-order valence-corrected chi connectivity index (χ4v) is 2.83. The van der Waals surface area contributed by atoms with Crippen molar-refractivity contribution in [3.05, 3.63) is 0 Å². The molecule has 2 unspecified atom stereocenters. The summed E-state index contributed by atoms with van der Waals surface area (Å²) in [5.41, 5.74) is 0. The summed E-state index contributed by atoms with van der Waals surface area (Å²) in [5.74, 6) is 0.547. The van der Waals surface area contributed by atoms with Crippen molar-refractivity contribution in [2.45, 2.75) is 38.7 Å². The van der Waals surface area contributed by atoms with Crippen molar-refractivity contribution in [2.24, 2.45) is 5.92 Å². The molecule has 0 aromatic heterocycles. The van der Waals surface area contributed by atoms with Gasteiger partial charge in [-0.2, -0.15) is 0 Å². The van der Waals surface area contributed by atoms with E-state index in [0.29, 0.717) is 6.42 Å². The zero-order valence-electron chi connectivity index (χ0n) is 10.8. The highest BCUT2D eigenvalue weighted by Gasteiger charge is 2.28. The second-order valence-electron chi connectivity index (χ2n) is 5.43. The third-order valence-corrected chi connectivity index (χ3v) is 4.10. The highest BCUT2D eigenvalue weighted by Crippen LogP contribution is 2.20. The third kappa shape index (κ3) is 3.42.